The molecule has 2 rings (SSSR count). The van der Waals surface area contributed by atoms with Gasteiger partial charge in [-0.05, 0) is 24.6 Å². The number of aryl methyl sites for hydroxylation is 1. The van der Waals surface area contributed by atoms with Crippen LogP contribution in [-0.4, -0.2) is 20.2 Å². The van der Waals surface area contributed by atoms with Crippen molar-refractivity contribution in [1.82, 2.24) is 20.2 Å². The third kappa shape index (κ3) is 1.90. The summed E-state index contributed by atoms with van der Waals surface area (Å²) in [4.78, 5) is 8.10. The Morgan fingerprint density at radius 1 is 1.36 bits per heavy atom. The summed E-state index contributed by atoms with van der Waals surface area (Å²) in [6.07, 6.45) is 5.77. The second-order valence-corrected chi connectivity index (χ2v) is 3.03. The number of nitrogens with zero attached hydrogens (tertiary/aromatic N) is 4. The average Bonchev–Trinajstić information content (AvgIpc) is 2.23. The van der Waals surface area contributed by atoms with Crippen LogP contribution >= 0.6 is 0 Å². The standard InChI is InChI=1S/C10H10N4/c1-8-9(6-11-7-12-8)5-10-3-2-4-13-14-10/h2-4,6-7H,5H2,1H3. The molecule has 0 bridgehead atoms. The summed E-state index contributed by atoms with van der Waals surface area (Å²) in [6, 6.07) is 3.82. The maximum atomic E-state index is 4.12. The first-order chi connectivity index (χ1) is 6.86. The van der Waals surface area contributed by atoms with Crippen molar-refractivity contribution >= 4 is 0 Å². The Labute approximate surface area is 82.1 Å². The zero-order valence-electron chi connectivity index (χ0n) is 7.88. The van der Waals surface area contributed by atoms with Crippen molar-refractivity contribution in [1.29, 1.82) is 0 Å². The van der Waals surface area contributed by atoms with Gasteiger partial charge in [-0.2, -0.15) is 10.2 Å². The molecule has 0 spiro atoms. The highest BCUT2D eigenvalue weighted by molar-refractivity contribution is 5.20. The van der Waals surface area contributed by atoms with Crippen LogP contribution in [0.15, 0.2) is 30.9 Å². The van der Waals surface area contributed by atoms with Crippen molar-refractivity contribution in [3.05, 3.63) is 47.8 Å². The first kappa shape index (κ1) is 8.74. The first-order valence-corrected chi connectivity index (χ1v) is 4.38. The van der Waals surface area contributed by atoms with E-state index < -0.39 is 0 Å². The van der Waals surface area contributed by atoms with E-state index >= 15 is 0 Å². The van der Waals surface area contributed by atoms with Crippen molar-refractivity contribution in [3.8, 4) is 0 Å². The molecule has 0 aliphatic heterocycles. The fraction of sp³-hybridized carbons (Fsp3) is 0.200. The Morgan fingerprint density at radius 2 is 2.29 bits per heavy atom. The predicted molar refractivity (Wildman–Crippen MR) is 51.6 cm³/mol. The molecule has 4 nitrogen and oxygen atoms in total. The summed E-state index contributed by atoms with van der Waals surface area (Å²) in [6.45, 7) is 1.97. The lowest BCUT2D eigenvalue weighted by atomic mass is 10.1. The Balaban J connectivity index is 2.24. The summed E-state index contributed by atoms with van der Waals surface area (Å²) in [5.41, 5.74) is 3.02. The minimum absolute atomic E-state index is 0.737. The van der Waals surface area contributed by atoms with E-state index in [0.717, 1.165) is 23.4 Å². The van der Waals surface area contributed by atoms with Crippen LogP contribution in [0.5, 0.6) is 0 Å². The van der Waals surface area contributed by atoms with Gasteiger partial charge in [0, 0.05) is 24.5 Å². The first-order valence-electron chi connectivity index (χ1n) is 4.38. The molecule has 0 amide bonds. The molecule has 0 saturated heterocycles. The molecular weight excluding hydrogens is 176 g/mol. The molecule has 0 saturated carbocycles. The van der Waals surface area contributed by atoms with Crippen LogP contribution < -0.4 is 0 Å². The highest BCUT2D eigenvalue weighted by atomic mass is 15.1. The van der Waals surface area contributed by atoms with Crippen LogP contribution in [0.3, 0.4) is 0 Å². The van der Waals surface area contributed by atoms with E-state index in [1.807, 2.05) is 25.3 Å². The Hall–Kier alpha value is -1.84. The Bertz CT molecular complexity index is 413. The SMILES string of the molecule is Cc1ncncc1Cc1cccnn1. The third-order valence-electron chi connectivity index (χ3n) is 2.01. The van der Waals surface area contributed by atoms with E-state index in [-0.39, 0.29) is 0 Å². The van der Waals surface area contributed by atoms with Crippen LogP contribution in [0.1, 0.15) is 17.0 Å². The molecule has 0 atom stereocenters. The lowest BCUT2D eigenvalue weighted by Crippen LogP contribution is -1.98. The molecule has 0 unspecified atom stereocenters. The van der Waals surface area contributed by atoms with Gasteiger partial charge in [-0.1, -0.05) is 0 Å². The lowest BCUT2D eigenvalue weighted by Gasteiger charge is -2.01. The van der Waals surface area contributed by atoms with Crippen molar-refractivity contribution < 1.29 is 0 Å². The topological polar surface area (TPSA) is 51.6 Å². The molecule has 0 aliphatic carbocycles. The third-order valence-corrected chi connectivity index (χ3v) is 2.01. The molecule has 2 heterocycles. The van der Waals surface area contributed by atoms with E-state index in [9.17, 15) is 0 Å². The highest BCUT2D eigenvalue weighted by Crippen LogP contribution is 2.07. The van der Waals surface area contributed by atoms with Gasteiger partial charge < -0.3 is 0 Å². The molecule has 0 aromatic carbocycles. The van der Waals surface area contributed by atoms with Crippen molar-refractivity contribution in [3.63, 3.8) is 0 Å². The predicted octanol–water partition coefficient (Wildman–Crippen LogP) is 1.17. The maximum Gasteiger partial charge on any atom is 0.115 e. The van der Waals surface area contributed by atoms with Crippen molar-refractivity contribution in [2.45, 2.75) is 13.3 Å². The summed E-state index contributed by atoms with van der Waals surface area (Å²) >= 11 is 0. The van der Waals surface area contributed by atoms with Gasteiger partial charge in [0.05, 0.1) is 5.69 Å². The van der Waals surface area contributed by atoms with Crippen LogP contribution in [0.25, 0.3) is 0 Å². The second-order valence-electron chi connectivity index (χ2n) is 3.03. The lowest BCUT2D eigenvalue weighted by molar-refractivity contribution is 0.915. The minimum atomic E-state index is 0.737. The molecule has 2 aromatic rings. The van der Waals surface area contributed by atoms with E-state index in [1.165, 1.54) is 0 Å². The summed E-state index contributed by atoms with van der Waals surface area (Å²) in [7, 11) is 0. The van der Waals surface area contributed by atoms with Crippen LogP contribution in [0.4, 0.5) is 0 Å². The molecule has 4 heteroatoms. The largest absolute Gasteiger partial charge is 0.245 e. The van der Waals surface area contributed by atoms with Gasteiger partial charge >= 0.3 is 0 Å². The monoisotopic (exact) mass is 186 g/mol. The fourth-order valence-corrected chi connectivity index (χ4v) is 1.22. The van der Waals surface area contributed by atoms with E-state index in [0.29, 0.717) is 0 Å². The van der Waals surface area contributed by atoms with E-state index in [2.05, 4.69) is 20.2 Å². The summed E-state index contributed by atoms with van der Waals surface area (Å²) < 4.78 is 0. The maximum absolute atomic E-state index is 4.12. The molecule has 0 radical (unpaired) electrons. The Morgan fingerprint density at radius 3 is 3.00 bits per heavy atom. The molecule has 14 heavy (non-hydrogen) atoms. The second kappa shape index (κ2) is 3.91. The smallest absolute Gasteiger partial charge is 0.115 e. The number of rotatable bonds is 2. The van der Waals surface area contributed by atoms with E-state index in [4.69, 9.17) is 0 Å². The molecule has 70 valence electrons. The normalized spacial score (nSPS) is 10.1. The number of hydrogen-bond donors (Lipinski definition) is 0. The van der Waals surface area contributed by atoms with Crippen LogP contribution in [0.2, 0.25) is 0 Å². The molecule has 2 aromatic heterocycles. The van der Waals surface area contributed by atoms with Crippen molar-refractivity contribution in [2.75, 3.05) is 0 Å². The van der Waals surface area contributed by atoms with Crippen LogP contribution in [0, 0.1) is 6.92 Å². The van der Waals surface area contributed by atoms with Gasteiger partial charge in [-0.3, -0.25) is 0 Å². The minimum Gasteiger partial charge on any atom is -0.245 e. The van der Waals surface area contributed by atoms with Crippen molar-refractivity contribution in [2.24, 2.45) is 0 Å². The Kier molecular flexibility index (Phi) is 2.44. The zero-order valence-corrected chi connectivity index (χ0v) is 7.88. The van der Waals surface area contributed by atoms with Gasteiger partial charge in [0.15, 0.2) is 0 Å². The number of aromatic nitrogens is 4. The number of hydrogen-bond acceptors (Lipinski definition) is 4. The fourth-order valence-electron chi connectivity index (χ4n) is 1.22. The molecule has 0 aliphatic rings. The van der Waals surface area contributed by atoms with Gasteiger partial charge in [0.2, 0.25) is 0 Å². The van der Waals surface area contributed by atoms with Gasteiger partial charge in [0.1, 0.15) is 6.33 Å². The highest BCUT2D eigenvalue weighted by Gasteiger charge is 2.01. The summed E-state index contributed by atoms with van der Waals surface area (Å²) in [5.74, 6) is 0. The molecular formula is C10H10N4. The molecule has 0 fully saturated rings. The van der Waals surface area contributed by atoms with Gasteiger partial charge in [0.25, 0.3) is 0 Å². The zero-order chi connectivity index (χ0) is 9.80. The average molecular weight is 186 g/mol. The van der Waals surface area contributed by atoms with Gasteiger partial charge in [-0.15, -0.1) is 0 Å². The van der Waals surface area contributed by atoms with E-state index in [1.54, 1.807) is 12.5 Å². The van der Waals surface area contributed by atoms with Gasteiger partial charge in [-0.25, -0.2) is 9.97 Å². The van der Waals surface area contributed by atoms with Crippen LogP contribution in [-0.2, 0) is 6.42 Å². The quantitative estimate of drug-likeness (QED) is 0.706. The molecule has 0 N–H and O–H groups in total. The summed E-state index contributed by atoms with van der Waals surface area (Å²) in [5, 5.41) is 7.83.